The van der Waals surface area contributed by atoms with Crippen molar-refractivity contribution in [2.75, 3.05) is 0 Å². The van der Waals surface area contributed by atoms with E-state index in [0.29, 0.717) is 0 Å². The van der Waals surface area contributed by atoms with Gasteiger partial charge in [0.25, 0.3) is 0 Å². The van der Waals surface area contributed by atoms with Gasteiger partial charge in [0.15, 0.2) is 0 Å². The summed E-state index contributed by atoms with van der Waals surface area (Å²) in [6.07, 6.45) is 12.5. The van der Waals surface area contributed by atoms with Crippen LogP contribution >= 0.6 is 0 Å². The Hall–Kier alpha value is -1.68. The van der Waals surface area contributed by atoms with E-state index in [1.807, 2.05) is 14.1 Å². The highest BCUT2D eigenvalue weighted by atomic mass is 127. The zero-order chi connectivity index (χ0) is 17.9. The average Bonchev–Trinajstić information content (AvgIpc) is 3.24. The molecule has 0 spiro atoms. The second-order valence-electron chi connectivity index (χ2n) is 6.90. The highest BCUT2D eigenvalue weighted by molar-refractivity contribution is 5.64. The van der Waals surface area contributed by atoms with Crippen LogP contribution in [0.3, 0.4) is 0 Å². The quantitative estimate of drug-likeness (QED) is 0.170. The van der Waals surface area contributed by atoms with E-state index in [1.54, 1.807) is 0 Å². The first-order valence-electron chi connectivity index (χ1n) is 8.86. The van der Waals surface area contributed by atoms with Gasteiger partial charge < -0.3 is 48.0 Å². The maximum Gasteiger partial charge on any atom is 0.243 e. The molecule has 4 nitrogen and oxygen atoms in total. The van der Waals surface area contributed by atoms with E-state index in [-0.39, 0.29) is 48.0 Å². The summed E-state index contributed by atoms with van der Waals surface area (Å²) in [5.41, 5.74) is 5.13. The first-order valence-corrected chi connectivity index (χ1v) is 8.86. The van der Waals surface area contributed by atoms with Crippen molar-refractivity contribution >= 4 is 0 Å². The molecule has 2 aromatic carbocycles. The van der Waals surface area contributed by atoms with E-state index >= 15 is 0 Å². The molecule has 0 radical (unpaired) electrons. The lowest BCUT2D eigenvalue weighted by Gasteiger charge is -2.05. The summed E-state index contributed by atoms with van der Waals surface area (Å²) in [5, 5.41) is 0. The molecule has 0 fully saturated rings. The Labute approximate surface area is 200 Å². The molecule has 0 saturated carbocycles. The Bertz CT molecular complexity index is 918. The lowest BCUT2D eigenvalue weighted by molar-refractivity contribution is -0.671. The molecule has 0 unspecified atom stereocenters. The van der Waals surface area contributed by atoms with E-state index < -0.39 is 0 Å². The van der Waals surface area contributed by atoms with Gasteiger partial charge in [0.05, 0.1) is 14.1 Å². The van der Waals surface area contributed by atoms with E-state index in [1.165, 1.54) is 22.3 Å². The Morgan fingerprint density at radius 2 is 0.964 bits per heavy atom. The van der Waals surface area contributed by atoms with Crippen molar-refractivity contribution in [2.45, 2.75) is 13.1 Å². The molecule has 4 rings (SSSR count). The summed E-state index contributed by atoms with van der Waals surface area (Å²) in [5.74, 6) is 0. The normalized spacial score (nSPS) is 10.2. The third-order valence-electron chi connectivity index (χ3n) is 4.62. The van der Waals surface area contributed by atoms with Crippen molar-refractivity contribution in [3.63, 3.8) is 0 Å². The van der Waals surface area contributed by atoms with Crippen molar-refractivity contribution in [1.29, 1.82) is 0 Å². The van der Waals surface area contributed by atoms with Crippen LogP contribution in [0.4, 0.5) is 0 Å². The average molecular weight is 598 g/mol. The first kappa shape index (κ1) is 22.6. The highest BCUT2D eigenvalue weighted by Gasteiger charge is 2.05. The van der Waals surface area contributed by atoms with Crippen LogP contribution in [0.25, 0.3) is 11.1 Å². The van der Waals surface area contributed by atoms with Crippen molar-refractivity contribution in [2.24, 2.45) is 14.1 Å². The topological polar surface area (TPSA) is 17.6 Å². The standard InChI is InChI=1S/C22H24N4.2HI/c1-23-11-13-25(17-23)15-19-3-7-21(8-4-19)22-9-5-20(6-10-22)16-26-14-12-24(2)18-26;;/h3-14,17-18H,15-16H2,1-2H3;2*1H/q+2;;/p-2. The van der Waals surface area contributed by atoms with Gasteiger partial charge in [-0.1, -0.05) is 48.5 Å². The zero-order valence-electron chi connectivity index (χ0n) is 16.0. The van der Waals surface area contributed by atoms with Crippen LogP contribution in [0.15, 0.2) is 86.0 Å². The molecule has 0 N–H and O–H groups in total. The molecule has 0 atom stereocenters. The van der Waals surface area contributed by atoms with E-state index in [4.69, 9.17) is 0 Å². The largest absolute Gasteiger partial charge is 1.00 e. The highest BCUT2D eigenvalue weighted by Crippen LogP contribution is 2.21. The number of imidazole rings is 2. The molecule has 0 aliphatic carbocycles. The molecule has 2 aromatic heterocycles. The predicted molar refractivity (Wildman–Crippen MR) is 101 cm³/mol. The Balaban J connectivity index is 0.00000140. The van der Waals surface area contributed by atoms with Crippen LogP contribution in [-0.2, 0) is 27.2 Å². The van der Waals surface area contributed by atoms with Gasteiger partial charge in [-0.15, -0.1) is 0 Å². The van der Waals surface area contributed by atoms with Gasteiger partial charge >= 0.3 is 0 Å². The minimum atomic E-state index is 0. The summed E-state index contributed by atoms with van der Waals surface area (Å²) in [6, 6.07) is 17.7. The van der Waals surface area contributed by atoms with Gasteiger partial charge in [0, 0.05) is 0 Å². The number of aryl methyl sites for hydroxylation is 2. The van der Waals surface area contributed by atoms with Crippen molar-refractivity contribution in [3.8, 4) is 11.1 Å². The zero-order valence-corrected chi connectivity index (χ0v) is 20.4. The molecule has 0 aliphatic heterocycles. The number of rotatable bonds is 5. The second kappa shape index (κ2) is 10.2. The number of benzene rings is 2. The summed E-state index contributed by atoms with van der Waals surface area (Å²) in [4.78, 5) is 0. The second-order valence-corrected chi connectivity index (χ2v) is 6.90. The Kier molecular flexibility index (Phi) is 8.23. The number of aromatic nitrogens is 4. The molecule has 0 amide bonds. The summed E-state index contributed by atoms with van der Waals surface area (Å²) in [7, 11) is 4.08. The minimum Gasteiger partial charge on any atom is -1.00 e. The number of hydrogen-bond donors (Lipinski definition) is 0. The molecular formula is C22H24I2N4. The fraction of sp³-hybridized carbons (Fsp3) is 0.182. The summed E-state index contributed by atoms with van der Waals surface area (Å²) >= 11 is 0. The van der Waals surface area contributed by atoms with Gasteiger partial charge in [0.2, 0.25) is 12.7 Å². The third-order valence-corrected chi connectivity index (χ3v) is 4.62. The van der Waals surface area contributed by atoms with Gasteiger partial charge in [0.1, 0.15) is 37.9 Å². The lowest BCUT2D eigenvalue weighted by atomic mass is 10.0. The van der Waals surface area contributed by atoms with Crippen molar-refractivity contribution in [1.82, 2.24) is 9.13 Å². The number of hydrogen-bond acceptors (Lipinski definition) is 0. The van der Waals surface area contributed by atoms with E-state index in [2.05, 4.69) is 104 Å². The molecule has 0 bridgehead atoms. The Morgan fingerprint density at radius 1 is 0.607 bits per heavy atom. The van der Waals surface area contributed by atoms with Gasteiger partial charge in [-0.25, -0.2) is 18.3 Å². The smallest absolute Gasteiger partial charge is 0.243 e. The van der Waals surface area contributed by atoms with Crippen LogP contribution in [0.1, 0.15) is 11.1 Å². The molecule has 146 valence electrons. The molecule has 4 aromatic rings. The minimum absolute atomic E-state index is 0. The van der Waals surface area contributed by atoms with Gasteiger partial charge in [-0.05, 0) is 22.3 Å². The van der Waals surface area contributed by atoms with Gasteiger partial charge in [-0.2, -0.15) is 0 Å². The van der Waals surface area contributed by atoms with E-state index in [9.17, 15) is 0 Å². The summed E-state index contributed by atoms with van der Waals surface area (Å²) in [6.45, 7) is 1.79. The van der Waals surface area contributed by atoms with Crippen LogP contribution < -0.4 is 57.1 Å². The summed E-state index contributed by atoms with van der Waals surface area (Å²) < 4.78 is 8.49. The maximum absolute atomic E-state index is 2.21. The maximum atomic E-state index is 2.21. The lowest BCUT2D eigenvalue weighted by Crippen LogP contribution is -3.00. The first-order chi connectivity index (χ1) is 12.7. The molecule has 0 saturated heterocycles. The van der Waals surface area contributed by atoms with Crippen LogP contribution in [0.2, 0.25) is 0 Å². The third kappa shape index (κ3) is 5.66. The van der Waals surface area contributed by atoms with Crippen LogP contribution in [0, 0.1) is 0 Å². The van der Waals surface area contributed by atoms with E-state index in [0.717, 1.165) is 13.1 Å². The molecule has 6 heteroatoms. The molecule has 28 heavy (non-hydrogen) atoms. The molecule has 0 aliphatic rings. The van der Waals surface area contributed by atoms with Crippen LogP contribution in [-0.4, -0.2) is 9.13 Å². The fourth-order valence-corrected chi connectivity index (χ4v) is 3.22. The predicted octanol–water partition coefficient (Wildman–Crippen LogP) is -3.29. The van der Waals surface area contributed by atoms with Crippen molar-refractivity contribution < 1.29 is 57.1 Å². The monoisotopic (exact) mass is 598 g/mol. The fourth-order valence-electron chi connectivity index (χ4n) is 3.22. The molecule has 2 heterocycles. The van der Waals surface area contributed by atoms with Crippen LogP contribution in [0.5, 0.6) is 0 Å². The molecular weight excluding hydrogens is 574 g/mol. The Morgan fingerprint density at radius 3 is 1.25 bits per heavy atom. The number of halogens is 2. The van der Waals surface area contributed by atoms with Crippen molar-refractivity contribution in [3.05, 3.63) is 97.1 Å². The van der Waals surface area contributed by atoms with Gasteiger partial charge in [-0.3, -0.25) is 0 Å². The number of nitrogens with zero attached hydrogens (tertiary/aromatic N) is 4. The SMILES string of the molecule is C[n+]1ccn(Cc2ccc(-c3ccc(Cn4cc[n+](C)c4)cc3)cc2)c1.[I-].[I-].